The molecule has 0 atom stereocenters. The number of carbonyl (C=O) groups excluding carboxylic acids is 1. The molecule has 2 amide bonds. The number of carbonyl (C=O) groups is 1. The van der Waals surface area contributed by atoms with Crippen molar-refractivity contribution in [2.75, 3.05) is 44.3 Å². The number of rotatable bonds is 2. The van der Waals surface area contributed by atoms with Crippen LogP contribution in [-0.2, 0) is 11.2 Å². The highest BCUT2D eigenvalue weighted by atomic mass is 35.5. The molecule has 150 valence electrons. The minimum Gasteiger partial charge on any atom is -0.378 e. The van der Waals surface area contributed by atoms with Crippen LogP contribution in [0.1, 0.15) is 22.9 Å². The molecule has 4 rings (SSSR count). The fourth-order valence-electron chi connectivity index (χ4n) is 3.42. The molecule has 1 aromatic heterocycles. The number of hydrogen-bond acceptors (Lipinski definition) is 4. The van der Waals surface area contributed by atoms with E-state index in [1.165, 1.54) is 4.88 Å². The van der Waals surface area contributed by atoms with Crippen LogP contribution in [0.4, 0.5) is 9.80 Å². The van der Waals surface area contributed by atoms with Crippen molar-refractivity contribution in [2.45, 2.75) is 13.3 Å². The minimum absolute atomic E-state index is 0. The van der Waals surface area contributed by atoms with Gasteiger partial charge in [0.2, 0.25) is 0 Å². The van der Waals surface area contributed by atoms with Crippen molar-refractivity contribution in [3.63, 3.8) is 0 Å². The lowest BCUT2D eigenvalue weighted by Gasteiger charge is -2.32. The lowest BCUT2D eigenvalue weighted by atomic mass is 10.0. The zero-order chi connectivity index (χ0) is 18.8. The molecule has 1 fully saturated rings. The van der Waals surface area contributed by atoms with Crippen LogP contribution in [0, 0.1) is 0 Å². The van der Waals surface area contributed by atoms with Crippen LogP contribution in [0.5, 0.6) is 0 Å². The first kappa shape index (κ1) is 21.1. The lowest BCUT2D eigenvalue weighted by Crippen LogP contribution is -2.48. The molecule has 3 heterocycles. The van der Waals surface area contributed by atoms with E-state index in [4.69, 9.17) is 21.3 Å². The molecule has 0 N–H and O–H groups in total. The van der Waals surface area contributed by atoms with Crippen molar-refractivity contribution in [3.8, 4) is 0 Å². The van der Waals surface area contributed by atoms with Crippen LogP contribution < -0.4 is 4.90 Å². The number of thiophene rings is 1. The van der Waals surface area contributed by atoms with E-state index < -0.39 is 0 Å². The average Bonchev–Trinajstić information content (AvgIpc) is 3.05. The Morgan fingerprint density at radius 2 is 1.96 bits per heavy atom. The van der Waals surface area contributed by atoms with Gasteiger partial charge in [-0.1, -0.05) is 36.7 Å². The highest BCUT2D eigenvalue weighted by Crippen LogP contribution is 2.37. The first-order chi connectivity index (χ1) is 13.2. The Morgan fingerprint density at radius 3 is 2.68 bits per heavy atom. The van der Waals surface area contributed by atoms with Crippen LogP contribution in [0.2, 0.25) is 5.02 Å². The van der Waals surface area contributed by atoms with Gasteiger partial charge in [-0.3, -0.25) is 9.89 Å². The van der Waals surface area contributed by atoms with Crippen LogP contribution in [0.3, 0.4) is 0 Å². The van der Waals surface area contributed by atoms with Crippen LogP contribution in [0.25, 0.3) is 0 Å². The quantitative estimate of drug-likeness (QED) is 0.691. The number of morpholine rings is 1. The van der Waals surface area contributed by atoms with E-state index >= 15 is 0 Å². The molecule has 0 radical (unpaired) electrons. The fraction of sp³-hybridized carbons (Fsp3) is 0.400. The maximum atomic E-state index is 13.2. The zero-order valence-electron chi connectivity index (χ0n) is 15.7. The number of amides is 2. The van der Waals surface area contributed by atoms with Crippen molar-refractivity contribution in [1.82, 2.24) is 4.90 Å². The number of hydrogen-bond donors (Lipinski definition) is 0. The van der Waals surface area contributed by atoms with E-state index in [1.807, 2.05) is 34.1 Å². The van der Waals surface area contributed by atoms with Gasteiger partial charge in [0, 0.05) is 40.7 Å². The number of benzene rings is 1. The van der Waals surface area contributed by atoms with Gasteiger partial charge in [0.25, 0.3) is 0 Å². The summed E-state index contributed by atoms with van der Waals surface area (Å²) in [6.45, 7) is 5.71. The van der Waals surface area contributed by atoms with Gasteiger partial charge in [0.1, 0.15) is 5.00 Å². The largest absolute Gasteiger partial charge is 0.378 e. The highest BCUT2D eigenvalue weighted by molar-refractivity contribution is 7.16. The summed E-state index contributed by atoms with van der Waals surface area (Å²) in [4.78, 5) is 23.0. The molecule has 28 heavy (non-hydrogen) atoms. The van der Waals surface area contributed by atoms with Gasteiger partial charge in [-0.15, -0.1) is 23.7 Å². The van der Waals surface area contributed by atoms with Gasteiger partial charge < -0.3 is 9.64 Å². The van der Waals surface area contributed by atoms with Gasteiger partial charge in [-0.05, 0) is 18.6 Å². The predicted octanol–water partition coefficient (Wildman–Crippen LogP) is 4.50. The van der Waals surface area contributed by atoms with Crippen LogP contribution in [-0.4, -0.2) is 56.0 Å². The summed E-state index contributed by atoms with van der Waals surface area (Å²) in [7, 11) is 0. The molecule has 0 spiro atoms. The summed E-state index contributed by atoms with van der Waals surface area (Å²) in [5, 5.41) is 1.65. The predicted molar refractivity (Wildman–Crippen MR) is 118 cm³/mol. The van der Waals surface area contributed by atoms with Gasteiger partial charge in [-0.2, -0.15) is 0 Å². The standard InChI is InChI=1S/C20H22ClN3O2S.ClH/c1-2-14-13-16-18(15-5-3-4-6-17(15)21)22-7-8-24(19(16)27-14)20(25)23-9-11-26-12-10-23;/h3-6,13H,2,7-12H2,1H3;1H. The Kier molecular flexibility index (Phi) is 6.99. The topological polar surface area (TPSA) is 45.1 Å². The molecule has 0 bridgehead atoms. The summed E-state index contributed by atoms with van der Waals surface area (Å²) in [5.41, 5.74) is 2.80. The zero-order valence-corrected chi connectivity index (χ0v) is 18.1. The summed E-state index contributed by atoms with van der Waals surface area (Å²) < 4.78 is 5.39. The summed E-state index contributed by atoms with van der Waals surface area (Å²) >= 11 is 8.14. The van der Waals surface area contributed by atoms with E-state index in [0.29, 0.717) is 44.4 Å². The van der Waals surface area contributed by atoms with Crippen molar-refractivity contribution in [1.29, 1.82) is 0 Å². The van der Waals surface area contributed by atoms with Gasteiger partial charge in [0.05, 0.1) is 25.5 Å². The summed E-state index contributed by atoms with van der Waals surface area (Å²) in [6, 6.07) is 9.97. The van der Waals surface area contributed by atoms with E-state index in [-0.39, 0.29) is 18.4 Å². The number of ether oxygens (including phenoxy) is 1. The van der Waals surface area contributed by atoms with Crippen molar-refractivity contribution < 1.29 is 9.53 Å². The normalized spacial score (nSPS) is 16.7. The minimum atomic E-state index is 0. The first-order valence-corrected chi connectivity index (χ1v) is 10.4. The fourth-order valence-corrected chi connectivity index (χ4v) is 4.76. The van der Waals surface area contributed by atoms with E-state index in [2.05, 4.69) is 13.0 Å². The summed E-state index contributed by atoms with van der Waals surface area (Å²) in [6.07, 6.45) is 0.924. The third-order valence-corrected chi connectivity index (χ3v) is 6.48. The Hall–Kier alpha value is -1.60. The molecule has 2 aliphatic rings. The Bertz CT molecular complexity index is 878. The Labute approximate surface area is 180 Å². The maximum Gasteiger partial charge on any atom is 0.325 e. The SMILES string of the molecule is CCc1cc2c(s1)N(C(=O)N1CCOCC1)CCN=C2c1ccccc1Cl.Cl. The highest BCUT2D eigenvalue weighted by Gasteiger charge is 2.30. The smallest absolute Gasteiger partial charge is 0.325 e. The monoisotopic (exact) mass is 439 g/mol. The van der Waals surface area contributed by atoms with Crippen molar-refractivity contribution in [3.05, 3.63) is 51.4 Å². The van der Waals surface area contributed by atoms with E-state index in [1.54, 1.807) is 11.3 Å². The molecule has 1 aromatic carbocycles. The number of aliphatic imine (C=N–C) groups is 1. The first-order valence-electron chi connectivity index (χ1n) is 9.25. The molecule has 0 aliphatic carbocycles. The molecule has 2 aliphatic heterocycles. The van der Waals surface area contributed by atoms with Crippen LogP contribution >= 0.6 is 35.3 Å². The molecule has 8 heteroatoms. The number of fused-ring (bicyclic) bond motifs is 1. The third-order valence-electron chi connectivity index (χ3n) is 4.85. The molecule has 0 saturated carbocycles. The second-order valence-electron chi connectivity index (χ2n) is 6.53. The van der Waals surface area contributed by atoms with Crippen molar-refractivity contribution >= 4 is 52.1 Å². The molecule has 1 saturated heterocycles. The molecule has 5 nitrogen and oxygen atoms in total. The van der Waals surface area contributed by atoms with Crippen molar-refractivity contribution in [2.24, 2.45) is 4.99 Å². The Balaban J connectivity index is 0.00000225. The average molecular weight is 440 g/mol. The number of urea groups is 1. The third kappa shape index (κ3) is 4.06. The van der Waals surface area contributed by atoms with E-state index in [9.17, 15) is 4.79 Å². The van der Waals surface area contributed by atoms with Gasteiger partial charge >= 0.3 is 6.03 Å². The molecular weight excluding hydrogens is 417 g/mol. The summed E-state index contributed by atoms with van der Waals surface area (Å²) in [5.74, 6) is 0. The van der Waals surface area contributed by atoms with E-state index in [0.717, 1.165) is 28.3 Å². The number of aryl methyl sites for hydroxylation is 1. The molecule has 2 aromatic rings. The number of nitrogens with zero attached hydrogens (tertiary/aromatic N) is 3. The Morgan fingerprint density at radius 1 is 1.21 bits per heavy atom. The lowest BCUT2D eigenvalue weighted by molar-refractivity contribution is 0.0549. The molecular formula is C20H23Cl2N3O2S. The van der Waals surface area contributed by atoms with Gasteiger partial charge in [-0.25, -0.2) is 4.79 Å². The second-order valence-corrected chi connectivity index (χ2v) is 8.05. The molecule has 0 unspecified atom stereocenters. The van der Waals surface area contributed by atoms with Crippen LogP contribution in [0.15, 0.2) is 35.3 Å². The maximum absolute atomic E-state index is 13.2. The number of anilines is 1. The number of halogens is 2. The second kappa shape index (κ2) is 9.27. The van der Waals surface area contributed by atoms with Gasteiger partial charge in [0.15, 0.2) is 0 Å².